The van der Waals surface area contributed by atoms with Gasteiger partial charge < -0.3 is 25.8 Å². The molecule has 0 aliphatic carbocycles. The van der Waals surface area contributed by atoms with Gasteiger partial charge in [0.05, 0.1) is 36.1 Å². The average molecular weight is 472 g/mol. The molecule has 11 heteroatoms. The third-order valence-corrected chi connectivity index (χ3v) is 6.70. The molecule has 1 amide bonds. The van der Waals surface area contributed by atoms with Crippen LogP contribution in [0.3, 0.4) is 0 Å². The summed E-state index contributed by atoms with van der Waals surface area (Å²) in [5, 5.41) is 12.7. The van der Waals surface area contributed by atoms with Crippen LogP contribution in [-0.2, 0) is 11.2 Å². The summed E-state index contributed by atoms with van der Waals surface area (Å²) < 4.78 is 31.6. The topological polar surface area (TPSA) is 117 Å². The number of nitrogens with two attached hydrogens (primary N) is 1. The molecule has 3 aliphatic rings. The van der Waals surface area contributed by atoms with E-state index in [0.29, 0.717) is 30.9 Å². The van der Waals surface area contributed by atoms with Crippen molar-refractivity contribution in [3.8, 4) is 5.75 Å². The molecule has 2 saturated heterocycles. The van der Waals surface area contributed by atoms with Gasteiger partial charge in [0, 0.05) is 55.8 Å². The number of hydrogen-bond acceptors (Lipinski definition) is 8. The molecule has 34 heavy (non-hydrogen) atoms. The lowest BCUT2D eigenvalue weighted by Gasteiger charge is -2.63. The molecule has 180 valence electrons. The lowest BCUT2D eigenvalue weighted by atomic mass is 9.84. The minimum Gasteiger partial charge on any atom is -0.484 e. The molecule has 0 radical (unpaired) electrons. The monoisotopic (exact) mass is 472 g/mol. The van der Waals surface area contributed by atoms with Crippen molar-refractivity contribution >= 4 is 22.9 Å². The number of fused-ring (bicyclic) bond motifs is 2. The number of carbonyl (C=O) groups excluding carboxylic acids is 1. The maximum Gasteiger partial charge on any atom is 0.261 e. The second kappa shape index (κ2) is 8.48. The van der Waals surface area contributed by atoms with Gasteiger partial charge in [-0.2, -0.15) is 0 Å². The average Bonchev–Trinajstić information content (AvgIpc) is 3.13. The summed E-state index contributed by atoms with van der Waals surface area (Å²) in [6.07, 6.45) is 2.33. The van der Waals surface area contributed by atoms with E-state index >= 15 is 0 Å². The second-order valence-electron chi connectivity index (χ2n) is 9.10. The summed E-state index contributed by atoms with van der Waals surface area (Å²) in [7, 11) is 0. The molecule has 2 aromatic rings. The number of benzene rings is 1. The van der Waals surface area contributed by atoms with E-state index in [1.54, 1.807) is 11.0 Å². The Morgan fingerprint density at radius 2 is 2.12 bits per heavy atom. The van der Waals surface area contributed by atoms with Gasteiger partial charge in [-0.05, 0) is 19.1 Å². The molecule has 2 fully saturated rings. The SMILES string of the molecule is C[C@@]1(CO)Cc2cc(NC(=O)C(=CN)c3ncccn3)c(N3CC4[C@@H]3CN4CC(F)F)cc2O1. The van der Waals surface area contributed by atoms with Gasteiger partial charge in [0.1, 0.15) is 11.4 Å². The van der Waals surface area contributed by atoms with Gasteiger partial charge in [-0.15, -0.1) is 0 Å². The zero-order chi connectivity index (χ0) is 24.0. The van der Waals surface area contributed by atoms with Gasteiger partial charge in [-0.3, -0.25) is 9.69 Å². The Kier molecular flexibility index (Phi) is 5.61. The fourth-order valence-electron chi connectivity index (χ4n) is 4.87. The number of hydrogen-bond donors (Lipinski definition) is 3. The van der Waals surface area contributed by atoms with Gasteiger partial charge >= 0.3 is 0 Å². The van der Waals surface area contributed by atoms with Crippen molar-refractivity contribution in [2.24, 2.45) is 5.73 Å². The maximum absolute atomic E-state index is 13.1. The van der Waals surface area contributed by atoms with Crippen LogP contribution in [0.1, 0.15) is 18.3 Å². The van der Waals surface area contributed by atoms with Crippen molar-refractivity contribution in [3.05, 3.63) is 48.2 Å². The summed E-state index contributed by atoms with van der Waals surface area (Å²) in [5.74, 6) is 0.369. The minimum absolute atomic E-state index is 0.0617. The molecular formula is C23H26F2N6O3. The third-order valence-electron chi connectivity index (χ3n) is 6.70. The predicted octanol–water partition coefficient (Wildman–Crippen LogP) is 1.24. The number of ether oxygens (including phenoxy) is 1. The van der Waals surface area contributed by atoms with Crippen molar-refractivity contribution in [2.45, 2.75) is 37.5 Å². The summed E-state index contributed by atoms with van der Waals surface area (Å²) in [6.45, 7) is 2.53. The molecule has 1 aromatic carbocycles. The van der Waals surface area contributed by atoms with Crippen molar-refractivity contribution < 1.29 is 23.4 Å². The lowest BCUT2D eigenvalue weighted by Crippen LogP contribution is -2.79. The van der Waals surface area contributed by atoms with Crippen LogP contribution in [0.4, 0.5) is 20.2 Å². The number of likely N-dealkylation sites (tertiary alicyclic amines) is 1. The van der Waals surface area contributed by atoms with E-state index in [9.17, 15) is 18.7 Å². The Bertz CT molecular complexity index is 1130. The highest BCUT2D eigenvalue weighted by atomic mass is 19.3. The number of halogens is 2. The Morgan fingerprint density at radius 1 is 1.35 bits per heavy atom. The quantitative estimate of drug-likeness (QED) is 0.516. The number of anilines is 2. The number of nitrogens with one attached hydrogen (secondary N) is 1. The zero-order valence-corrected chi connectivity index (χ0v) is 18.6. The number of aromatic nitrogens is 2. The van der Waals surface area contributed by atoms with E-state index in [1.165, 1.54) is 12.4 Å². The van der Waals surface area contributed by atoms with E-state index in [1.807, 2.05) is 19.1 Å². The molecule has 1 aromatic heterocycles. The van der Waals surface area contributed by atoms with Crippen molar-refractivity contribution in [1.82, 2.24) is 14.9 Å². The number of nitrogens with zero attached hydrogens (tertiary/aromatic N) is 4. The van der Waals surface area contributed by atoms with Gasteiger partial charge in [0.15, 0.2) is 5.82 Å². The number of rotatable bonds is 7. The van der Waals surface area contributed by atoms with Crippen LogP contribution in [0.25, 0.3) is 5.57 Å². The number of amides is 1. The third kappa shape index (κ3) is 3.84. The first-order valence-corrected chi connectivity index (χ1v) is 11.1. The fourth-order valence-corrected chi connectivity index (χ4v) is 4.87. The first kappa shape index (κ1) is 22.5. The van der Waals surface area contributed by atoms with Gasteiger partial charge in [0.2, 0.25) is 0 Å². The van der Waals surface area contributed by atoms with Crippen molar-refractivity contribution in [3.63, 3.8) is 0 Å². The van der Waals surface area contributed by atoms with Crippen molar-refractivity contribution in [1.29, 1.82) is 0 Å². The van der Waals surface area contributed by atoms with Gasteiger partial charge in [0.25, 0.3) is 12.3 Å². The highest BCUT2D eigenvalue weighted by Gasteiger charge is 2.52. The van der Waals surface area contributed by atoms with E-state index in [-0.39, 0.29) is 36.6 Å². The van der Waals surface area contributed by atoms with E-state index in [2.05, 4.69) is 20.2 Å². The minimum atomic E-state index is -2.36. The molecule has 9 nitrogen and oxygen atoms in total. The van der Waals surface area contributed by atoms with Crippen LogP contribution in [0.2, 0.25) is 0 Å². The van der Waals surface area contributed by atoms with E-state index in [4.69, 9.17) is 10.5 Å². The molecule has 0 spiro atoms. The van der Waals surface area contributed by atoms with Crippen LogP contribution >= 0.6 is 0 Å². The first-order valence-electron chi connectivity index (χ1n) is 11.1. The number of carbonyl (C=O) groups is 1. The largest absolute Gasteiger partial charge is 0.484 e. The molecule has 0 saturated carbocycles. The normalized spacial score (nSPS) is 25.8. The first-order chi connectivity index (χ1) is 16.3. The van der Waals surface area contributed by atoms with Crippen LogP contribution in [0, 0.1) is 0 Å². The zero-order valence-electron chi connectivity index (χ0n) is 18.6. The second-order valence-corrected chi connectivity index (χ2v) is 9.10. The Labute approximate surface area is 195 Å². The molecule has 3 atom stereocenters. The molecule has 4 heterocycles. The van der Waals surface area contributed by atoms with Gasteiger partial charge in [-0.1, -0.05) is 0 Å². The molecule has 4 N–H and O–H groups in total. The lowest BCUT2D eigenvalue weighted by molar-refractivity contribution is -0.111. The molecular weight excluding hydrogens is 446 g/mol. The standard InChI is InChI=1S/C23H26F2N6O3/c1-23(12-32)7-13-5-15(29-22(33)14(8-26)21-27-3-2-4-28-21)16(6-19(13)34-23)31-10-17-18(31)9-30(17)11-20(24)25/h2-6,8,17-18,20,32H,7,9-12,26H2,1H3,(H,29,33)/t17?,18-,23-/m0/s1. The molecule has 1 unspecified atom stereocenters. The van der Waals surface area contributed by atoms with E-state index in [0.717, 1.165) is 17.5 Å². The number of aliphatic hydroxyl groups is 1. The maximum atomic E-state index is 13.1. The molecule has 0 bridgehead atoms. The van der Waals surface area contributed by atoms with E-state index < -0.39 is 17.9 Å². The number of alkyl halides is 2. The Hall–Kier alpha value is -3.31. The van der Waals surface area contributed by atoms with Crippen LogP contribution in [0.5, 0.6) is 5.75 Å². The Morgan fingerprint density at radius 3 is 2.74 bits per heavy atom. The number of piperazine rings is 1. The Balaban J connectivity index is 1.43. The van der Waals surface area contributed by atoms with Crippen molar-refractivity contribution in [2.75, 3.05) is 36.5 Å². The highest BCUT2D eigenvalue weighted by molar-refractivity contribution is 6.24. The molecule has 5 rings (SSSR count). The van der Waals surface area contributed by atoms with Crippen LogP contribution in [0.15, 0.2) is 36.8 Å². The summed E-state index contributed by atoms with van der Waals surface area (Å²) in [4.78, 5) is 25.2. The van der Waals surface area contributed by atoms with Crippen LogP contribution < -0.4 is 20.7 Å². The fraction of sp³-hybridized carbons (Fsp3) is 0.435. The summed E-state index contributed by atoms with van der Waals surface area (Å²) in [6, 6.07) is 5.48. The highest BCUT2D eigenvalue weighted by Crippen LogP contribution is 2.46. The molecule has 3 aliphatic heterocycles. The smallest absolute Gasteiger partial charge is 0.261 e. The summed E-state index contributed by atoms with van der Waals surface area (Å²) in [5.41, 5.74) is 7.23. The van der Waals surface area contributed by atoms with Crippen LogP contribution in [-0.4, -0.2) is 76.2 Å². The summed E-state index contributed by atoms with van der Waals surface area (Å²) >= 11 is 0. The predicted molar refractivity (Wildman–Crippen MR) is 122 cm³/mol. The van der Waals surface area contributed by atoms with Gasteiger partial charge in [-0.25, -0.2) is 18.7 Å². The number of aliphatic hydroxyl groups excluding tert-OH is 1.